The summed E-state index contributed by atoms with van der Waals surface area (Å²) in [6, 6.07) is 1.97. The average molecular weight is 262 g/mol. The summed E-state index contributed by atoms with van der Waals surface area (Å²) in [7, 11) is 0. The van der Waals surface area contributed by atoms with Crippen LogP contribution in [-0.2, 0) is 21.7 Å². The quantitative estimate of drug-likeness (QED) is 0.909. The Hall–Kier alpha value is -1.39. The molecule has 0 amide bonds. The standard InChI is InChI=1S/C15H18O4/c1-3-4-5-10-8-11-12(13(16)9(10)2)14(17)15(11)18-6-7-19-15/h8,16H,3-7H2,1-2H3. The summed E-state index contributed by atoms with van der Waals surface area (Å²) in [6.45, 7) is 4.83. The third-order valence-electron chi connectivity index (χ3n) is 4.04. The molecule has 0 radical (unpaired) electrons. The zero-order valence-corrected chi connectivity index (χ0v) is 11.3. The van der Waals surface area contributed by atoms with Crippen LogP contribution in [0.1, 0.15) is 46.8 Å². The molecule has 4 nitrogen and oxygen atoms in total. The van der Waals surface area contributed by atoms with E-state index in [0.717, 1.165) is 30.4 Å². The molecule has 1 saturated heterocycles. The number of aryl methyl sites for hydroxylation is 1. The van der Waals surface area contributed by atoms with Crippen molar-refractivity contribution in [2.75, 3.05) is 13.2 Å². The topological polar surface area (TPSA) is 55.8 Å². The minimum absolute atomic E-state index is 0.0957. The molecule has 0 unspecified atom stereocenters. The number of phenolic OH excluding ortho intramolecular Hbond substituents is 1. The number of hydrogen-bond acceptors (Lipinski definition) is 4. The number of benzene rings is 1. The van der Waals surface area contributed by atoms with Gasteiger partial charge >= 0.3 is 0 Å². The molecule has 2 aliphatic rings. The summed E-state index contributed by atoms with van der Waals surface area (Å²) in [5.41, 5.74) is 2.95. The van der Waals surface area contributed by atoms with Crippen LogP contribution in [0, 0.1) is 6.92 Å². The molecule has 102 valence electrons. The van der Waals surface area contributed by atoms with Crippen LogP contribution in [0.2, 0.25) is 0 Å². The summed E-state index contributed by atoms with van der Waals surface area (Å²) in [5, 5.41) is 10.2. The molecule has 1 spiro atoms. The number of aromatic hydroxyl groups is 1. The van der Waals surface area contributed by atoms with Gasteiger partial charge in [-0.2, -0.15) is 0 Å². The van der Waals surface area contributed by atoms with Crippen molar-refractivity contribution >= 4 is 5.78 Å². The van der Waals surface area contributed by atoms with Gasteiger partial charge in [0, 0.05) is 5.56 Å². The Morgan fingerprint density at radius 3 is 2.68 bits per heavy atom. The van der Waals surface area contributed by atoms with E-state index in [-0.39, 0.29) is 11.5 Å². The highest BCUT2D eigenvalue weighted by molar-refractivity contribution is 6.14. The SMILES string of the molecule is CCCCc1cc2c(c(O)c1C)C(=O)C21OCCO1. The van der Waals surface area contributed by atoms with Crippen LogP contribution in [0.15, 0.2) is 6.07 Å². The molecular formula is C15H18O4. The van der Waals surface area contributed by atoms with Gasteiger partial charge in [-0.1, -0.05) is 13.3 Å². The second-order valence-electron chi connectivity index (χ2n) is 5.18. The highest BCUT2D eigenvalue weighted by atomic mass is 16.7. The second-order valence-corrected chi connectivity index (χ2v) is 5.18. The van der Waals surface area contributed by atoms with E-state index < -0.39 is 5.79 Å². The maximum absolute atomic E-state index is 12.2. The molecular weight excluding hydrogens is 244 g/mol. The predicted octanol–water partition coefficient (Wildman–Crippen LogP) is 2.44. The maximum Gasteiger partial charge on any atom is 0.262 e. The molecule has 1 heterocycles. The Morgan fingerprint density at radius 2 is 2.05 bits per heavy atom. The molecule has 4 heteroatoms. The maximum atomic E-state index is 12.2. The smallest absolute Gasteiger partial charge is 0.262 e. The lowest BCUT2D eigenvalue weighted by molar-refractivity contribution is -0.137. The second kappa shape index (κ2) is 4.32. The van der Waals surface area contributed by atoms with Crippen molar-refractivity contribution in [2.24, 2.45) is 0 Å². The number of Topliss-reactive ketones (excluding diaryl/α,β-unsaturated/α-hetero) is 1. The van der Waals surface area contributed by atoms with Gasteiger partial charge in [0.25, 0.3) is 5.79 Å². The average Bonchev–Trinajstić information content (AvgIpc) is 2.92. The highest BCUT2D eigenvalue weighted by Gasteiger charge is 2.58. The monoisotopic (exact) mass is 262 g/mol. The van der Waals surface area contributed by atoms with Crippen LogP contribution in [0.3, 0.4) is 0 Å². The molecule has 19 heavy (non-hydrogen) atoms. The van der Waals surface area contributed by atoms with Gasteiger partial charge in [0.05, 0.1) is 18.8 Å². The lowest BCUT2D eigenvalue weighted by Crippen LogP contribution is -2.47. The molecule has 0 saturated carbocycles. The number of carbonyl (C=O) groups excluding carboxylic acids is 1. The molecule has 1 aromatic rings. The van der Waals surface area contributed by atoms with Crippen molar-refractivity contribution in [2.45, 2.75) is 38.9 Å². The molecule has 0 atom stereocenters. The first-order valence-corrected chi connectivity index (χ1v) is 6.80. The van der Waals surface area contributed by atoms with E-state index in [2.05, 4.69) is 6.92 Å². The van der Waals surface area contributed by atoms with Crippen LogP contribution >= 0.6 is 0 Å². The molecule has 1 N–H and O–H groups in total. The number of unbranched alkanes of at least 4 members (excludes halogenated alkanes) is 1. The summed E-state index contributed by atoms with van der Waals surface area (Å²) < 4.78 is 11.0. The van der Waals surface area contributed by atoms with E-state index in [0.29, 0.717) is 24.3 Å². The zero-order chi connectivity index (χ0) is 13.6. The number of ketones is 1. The molecule has 3 rings (SSSR count). The van der Waals surface area contributed by atoms with Crippen molar-refractivity contribution in [3.8, 4) is 5.75 Å². The third kappa shape index (κ3) is 1.56. The predicted molar refractivity (Wildman–Crippen MR) is 69.4 cm³/mol. The molecule has 1 aromatic carbocycles. The largest absolute Gasteiger partial charge is 0.507 e. The number of rotatable bonds is 3. The zero-order valence-electron chi connectivity index (χ0n) is 11.3. The van der Waals surface area contributed by atoms with Crippen molar-refractivity contribution in [3.05, 3.63) is 28.3 Å². The summed E-state index contributed by atoms with van der Waals surface area (Å²) in [5.74, 6) is -1.37. The Morgan fingerprint density at radius 1 is 1.37 bits per heavy atom. The summed E-state index contributed by atoms with van der Waals surface area (Å²) in [6.07, 6.45) is 3.05. The fraction of sp³-hybridized carbons (Fsp3) is 0.533. The van der Waals surface area contributed by atoms with Gasteiger partial charge < -0.3 is 14.6 Å². The highest BCUT2D eigenvalue weighted by Crippen LogP contribution is 2.50. The number of carbonyl (C=O) groups is 1. The number of hydrogen-bond donors (Lipinski definition) is 1. The Kier molecular flexibility index (Phi) is 2.87. The van der Waals surface area contributed by atoms with Crippen molar-refractivity contribution in [1.29, 1.82) is 0 Å². The van der Waals surface area contributed by atoms with Gasteiger partial charge in [0.2, 0.25) is 5.78 Å². The van der Waals surface area contributed by atoms with Crippen LogP contribution in [0.4, 0.5) is 0 Å². The van der Waals surface area contributed by atoms with Gasteiger partial charge in [0.1, 0.15) is 5.75 Å². The molecule has 1 aliphatic heterocycles. The van der Waals surface area contributed by atoms with Crippen molar-refractivity contribution in [1.82, 2.24) is 0 Å². The number of fused-ring (bicyclic) bond motifs is 2. The minimum atomic E-state index is -1.22. The van der Waals surface area contributed by atoms with Gasteiger partial charge in [0.15, 0.2) is 0 Å². The first kappa shape index (κ1) is 12.6. The number of phenols is 1. The van der Waals surface area contributed by atoms with E-state index in [9.17, 15) is 9.90 Å². The van der Waals surface area contributed by atoms with Gasteiger partial charge in [-0.25, -0.2) is 0 Å². The van der Waals surface area contributed by atoms with Gasteiger partial charge in [-0.3, -0.25) is 4.79 Å². The number of ether oxygens (including phenoxy) is 2. The van der Waals surface area contributed by atoms with Crippen molar-refractivity contribution in [3.63, 3.8) is 0 Å². The van der Waals surface area contributed by atoms with E-state index in [1.165, 1.54) is 0 Å². The van der Waals surface area contributed by atoms with Crippen LogP contribution in [-0.4, -0.2) is 24.1 Å². The Labute approximate surface area is 112 Å². The fourth-order valence-electron chi connectivity index (χ4n) is 2.86. The van der Waals surface area contributed by atoms with Gasteiger partial charge in [-0.05, 0) is 37.0 Å². The van der Waals surface area contributed by atoms with Gasteiger partial charge in [-0.15, -0.1) is 0 Å². The summed E-state index contributed by atoms with van der Waals surface area (Å²) >= 11 is 0. The first-order valence-electron chi connectivity index (χ1n) is 6.80. The third-order valence-corrected chi connectivity index (χ3v) is 4.04. The van der Waals surface area contributed by atoms with Crippen LogP contribution < -0.4 is 0 Å². The lowest BCUT2D eigenvalue weighted by atomic mass is 9.76. The molecule has 1 aliphatic carbocycles. The normalized spacial score (nSPS) is 19.6. The fourth-order valence-corrected chi connectivity index (χ4v) is 2.86. The Balaban J connectivity index is 2.07. The van der Waals surface area contributed by atoms with E-state index in [4.69, 9.17) is 9.47 Å². The molecule has 0 bridgehead atoms. The van der Waals surface area contributed by atoms with E-state index >= 15 is 0 Å². The van der Waals surface area contributed by atoms with E-state index in [1.54, 1.807) is 0 Å². The van der Waals surface area contributed by atoms with Crippen LogP contribution in [0.5, 0.6) is 5.75 Å². The lowest BCUT2D eigenvalue weighted by Gasteiger charge is -2.37. The summed E-state index contributed by atoms with van der Waals surface area (Å²) in [4.78, 5) is 12.2. The van der Waals surface area contributed by atoms with Crippen molar-refractivity contribution < 1.29 is 19.4 Å². The molecule has 0 aromatic heterocycles. The van der Waals surface area contributed by atoms with Crippen LogP contribution in [0.25, 0.3) is 0 Å². The minimum Gasteiger partial charge on any atom is -0.507 e. The van der Waals surface area contributed by atoms with E-state index in [1.807, 2.05) is 13.0 Å². The molecule has 1 fully saturated rings. The Bertz CT molecular complexity index is 542. The first-order chi connectivity index (χ1) is 9.12.